The van der Waals surface area contributed by atoms with Gasteiger partial charge in [0, 0.05) is 0 Å². The fraction of sp³-hybridized carbons (Fsp3) is 0.438. The van der Waals surface area contributed by atoms with Gasteiger partial charge in [-0.3, -0.25) is 14.9 Å². The SMILES string of the molecule is CCc1ccc(N2C(=O)NC(=O)C(CC)(CC)C2=O)cc1. The first kappa shape index (κ1) is 15.2. The van der Waals surface area contributed by atoms with E-state index in [2.05, 4.69) is 5.32 Å². The molecule has 1 aromatic rings. The number of amides is 4. The lowest BCUT2D eigenvalue weighted by molar-refractivity contribution is -0.143. The molecule has 1 aromatic carbocycles. The zero-order valence-corrected chi connectivity index (χ0v) is 12.6. The fourth-order valence-corrected chi connectivity index (χ4v) is 2.66. The molecule has 0 radical (unpaired) electrons. The van der Waals surface area contributed by atoms with E-state index in [4.69, 9.17) is 0 Å². The minimum atomic E-state index is -1.16. The Labute approximate surface area is 124 Å². The first-order valence-corrected chi connectivity index (χ1v) is 7.29. The number of hydrogen-bond acceptors (Lipinski definition) is 3. The van der Waals surface area contributed by atoms with Crippen LogP contribution in [-0.4, -0.2) is 17.8 Å². The summed E-state index contributed by atoms with van der Waals surface area (Å²) >= 11 is 0. The maximum atomic E-state index is 12.7. The Hall–Kier alpha value is -2.17. The Morgan fingerprint density at radius 1 is 1.00 bits per heavy atom. The zero-order valence-electron chi connectivity index (χ0n) is 12.6. The topological polar surface area (TPSA) is 66.5 Å². The van der Waals surface area contributed by atoms with Crippen LogP contribution in [-0.2, 0) is 16.0 Å². The van der Waals surface area contributed by atoms with Crippen molar-refractivity contribution in [3.05, 3.63) is 29.8 Å². The van der Waals surface area contributed by atoms with Crippen LogP contribution in [0.5, 0.6) is 0 Å². The fourth-order valence-electron chi connectivity index (χ4n) is 2.66. The maximum absolute atomic E-state index is 12.7. The van der Waals surface area contributed by atoms with Gasteiger partial charge in [-0.15, -0.1) is 0 Å². The molecular formula is C16H20N2O3. The molecule has 0 unspecified atom stereocenters. The second-order valence-corrected chi connectivity index (χ2v) is 5.21. The number of carbonyl (C=O) groups is 3. The molecule has 0 atom stereocenters. The molecule has 5 nitrogen and oxygen atoms in total. The molecule has 2 rings (SSSR count). The van der Waals surface area contributed by atoms with Crippen LogP contribution in [0.3, 0.4) is 0 Å². The van der Waals surface area contributed by atoms with Gasteiger partial charge in [0.25, 0.3) is 5.91 Å². The minimum Gasteiger partial charge on any atom is -0.276 e. The van der Waals surface area contributed by atoms with Gasteiger partial charge >= 0.3 is 6.03 Å². The molecule has 1 aliphatic rings. The summed E-state index contributed by atoms with van der Waals surface area (Å²) in [5.74, 6) is -0.936. The van der Waals surface area contributed by atoms with Crippen molar-refractivity contribution >= 4 is 23.5 Å². The number of carbonyl (C=O) groups excluding carboxylic acids is 3. The van der Waals surface area contributed by atoms with E-state index in [0.29, 0.717) is 18.5 Å². The zero-order chi connectivity index (χ0) is 15.6. The highest BCUT2D eigenvalue weighted by Crippen LogP contribution is 2.34. The Kier molecular flexibility index (Phi) is 4.11. The molecule has 112 valence electrons. The Morgan fingerprint density at radius 3 is 2.05 bits per heavy atom. The van der Waals surface area contributed by atoms with E-state index in [-0.39, 0.29) is 0 Å². The van der Waals surface area contributed by atoms with E-state index in [0.717, 1.165) is 16.9 Å². The van der Waals surface area contributed by atoms with Crippen LogP contribution in [0.2, 0.25) is 0 Å². The highest BCUT2D eigenvalue weighted by molar-refractivity contribution is 6.29. The highest BCUT2D eigenvalue weighted by Gasteiger charge is 2.51. The molecule has 0 saturated carbocycles. The van der Waals surface area contributed by atoms with Crippen LogP contribution in [0.4, 0.5) is 10.5 Å². The van der Waals surface area contributed by atoms with E-state index in [1.165, 1.54) is 0 Å². The molecule has 0 aliphatic carbocycles. The summed E-state index contributed by atoms with van der Waals surface area (Å²) in [6.45, 7) is 5.61. The monoisotopic (exact) mass is 288 g/mol. The molecule has 0 bridgehead atoms. The van der Waals surface area contributed by atoms with Gasteiger partial charge in [0.05, 0.1) is 5.69 Å². The minimum absolute atomic E-state index is 0.366. The molecular weight excluding hydrogens is 268 g/mol. The smallest absolute Gasteiger partial charge is 0.276 e. The van der Waals surface area contributed by atoms with Crippen LogP contribution in [0, 0.1) is 5.41 Å². The van der Waals surface area contributed by atoms with Crippen molar-refractivity contribution in [2.24, 2.45) is 5.41 Å². The van der Waals surface area contributed by atoms with Crippen molar-refractivity contribution in [2.75, 3.05) is 4.90 Å². The normalized spacial score (nSPS) is 17.9. The summed E-state index contributed by atoms with van der Waals surface area (Å²) in [4.78, 5) is 38.0. The van der Waals surface area contributed by atoms with Crippen LogP contribution >= 0.6 is 0 Å². The number of hydrogen-bond donors (Lipinski definition) is 1. The number of barbiturate groups is 1. The number of rotatable bonds is 4. The molecule has 1 N–H and O–H groups in total. The van der Waals surface area contributed by atoms with Crippen molar-refractivity contribution in [3.8, 4) is 0 Å². The molecule has 1 heterocycles. The van der Waals surface area contributed by atoms with Gasteiger partial charge in [-0.05, 0) is 37.0 Å². The number of benzene rings is 1. The Morgan fingerprint density at radius 2 is 1.57 bits per heavy atom. The molecule has 21 heavy (non-hydrogen) atoms. The van der Waals surface area contributed by atoms with Gasteiger partial charge in [-0.1, -0.05) is 32.9 Å². The summed E-state index contributed by atoms with van der Waals surface area (Å²) < 4.78 is 0. The van der Waals surface area contributed by atoms with Crippen molar-refractivity contribution in [1.82, 2.24) is 5.32 Å². The van der Waals surface area contributed by atoms with E-state index in [9.17, 15) is 14.4 Å². The van der Waals surface area contributed by atoms with Crippen LogP contribution in [0.15, 0.2) is 24.3 Å². The van der Waals surface area contributed by atoms with E-state index in [1.54, 1.807) is 26.0 Å². The van der Waals surface area contributed by atoms with Gasteiger partial charge in [-0.25, -0.2) is 9.69 Å². The van der Waals surface area contributed by atoms with Crippen molar-refractivity contribution < 1.29 is 14.4 Å². The molecule has 0 spiro atoms. The van der Waals surface area contributed by atoms with Gasteiger partial charge in [-0.2, -0.15) is 0 Å². The summed E-state index contributed by atoms with van der Waals surface area (Å²) in [6.07, 6.45) is 1.61. The number of urea groups is 1. The van der Waals surface area contributed by atoms with Gasteiger partial charge in [0.2, 0.25) is 5.91 Å². The van der Waals surface area contributed by atoms with Crippen LogP contribution in [0.1, 0.15) is 39.2 Å². The number of anilines is 1. The lowest BCUT2D eigenvalue weighted by atomic mass is 9.78. The molecule has 5 heteroatoms. The van der Waals surface area contributed by atoms with Gasteiger partial charge in [0.1, 0.15) is 5.41 Å². The molecule has 1 saturated heterocycles. The van der Waals surface area contributed by atoms with E-state index in [1.807, 2.05) is 19.1 Å². The number of nitrogens with one attached hydrogen (secondary N) is 1. The predicted octanol–water partition coefficient (Wildman–Crippen LogP) is 2.64. The second kappa shape index (κ2) is 5.68. The predicted molar refractivity (Wildman–Crippen MR) is 79.9 cm³/mol. The van der Waals surface area contributed by atoms with Gasteiger partial charge < -0.3 is 0 Å². The van der Waals surface area contributed by atoms with Crippen molar-refractivity contribution in [2.45, 2.75) is 40.0 Å². The molecule has 4 amide bonds. The average Bonchev–Trinajstić information content (AvgIpc) is 2.49. The quantitative estimate of drug-likeness (QED) is 0.866. The lowest BCUT2D eigenvalue weighted by Gasteiger charge is -2.38. The summed E-state index contributed by atoms with van der Waals surface area (Å²) in [5, 5.41) is 2.31. The third-order valence-corrected chi connectivity index (χ3v) is 4.28. The van der Waals surface area contributed by atoms with Crippen LogP contribution in [0.25, 0.3) is 0 Å². The first-order chi connectivity index (χ1) is 10.00. The lowest BCUT2D eigenvalue weighted by Crippen LogP contribution is -2.63. The third kappa shape index (κ3) is 2.33. The van der Waals surface area contributed by atoms with E-state index < -0.39 is 23.3 Å². The third-order valence-electron chi connectivity index (χ3n) is 4.28. The Bertz CT molecular complexity index is 574. The first-order valence-electron chi connectivity index (χ1n) is 7.29. The molecule has 0 aromatic heterocycles. The van der Waals surface area contributed by atoms with Crippen molar-refractivity contribution in [1.29, 1.82) is 0 Å². The van der Waals surface area contributed by atoms with Crippen molar-refractivity contribution in [3.63, 3.8) is 0 Å². The molecule has 1 aliphatic heterocycles. The summed E-state index contributed by atoms with van der Waals surface area (Å²) in [5.41, 5.74) is 0.461. The average molecular weight is 288 g/mol. The largest absolute Gasteiger partial charge is 0.335 e. The van der Waals surface area contributed by atoms with E-state index >= 15 is 0 Å². The summed E-state index contributed by atoms with van der Waals surface area (Å²) in [6, 6.07) is 6.56. The Balaban J connectivity index is 2.44. The standard InChI is InChI=1S/C16H20N2O3/c1-4-11-7-9-12(10-8-11)18-14(20)16(5-2,6-3)13(19)17-15(18)21/h7-10H,4-6H2,1-3H3,(H,17,19,21). The number of nitrogens with zero attached hydrogens (tertiary/aromatic N) is 1. The number of aryl methyl sites for hydroxylation is 1. The molecule has 1 fully saturated rings. The maximum Gasteiger partial charge on any atom is 0.335 e. The summed E-state index contributed by atoms with van der Waals surface area (Å²) in [7, 11) is 0. The van der Waals surface area contributed by atoms with Crippen LogP contribution < -0.4 is 10.2 Å². The second-order valence-electron chi connectivity index (χ2n) is 5.21. The highest BCUT2D eigenvalue weighted by atomic mass is 16.2. The van der Waals surface area contributed by atoms with Gasteiger partial charge in [0.15, 0.2) is 0 Å². The number of imide groups is 2.